The first-order valence-corrected chi connectivity index (χ1v) is 3.84. The molecule has 0 aromatic heterocycles. The lowest BCUT2D eigenvalue weighted by atomic mass is 10.1. The van der Waals surface area contributed by atoms with Crippen molar-refractivity contribution < 1.29 is 15.3 Å². The van der Waals surface area contributed by atoms with E-state index in [-0.39, 0.29) is 12.6 Å². The van der Waals surface area contributed by atoms with Gasteiger partial charge in [0.2, 0.25) is 0 Å². The highest BCUT2D eigenvalue weighted by atomic mass is 16.3. The molecule has 3 N–H and O–H groups in total. The average molecular weight is 161 g/mol. The van der Waals surface area contributed by atoms with Crippen molar-refractivity contribution >= 4 is 0 Å². The molecule has 0 aliphatic carbocycles. The van der Waals surface area contributed by atoms with Crippen LogP contribution in [-0.4, -0.2) is 58.7 Å². The largest absolute Gasteiger partial charge is 0.396 e. The molecule has 66 valence electrons. The molecule has 0 spiro atoms. The van der Waals surface area contributed by atoms with Crippen molar-refractivity contribution in [1.82, 2.24) is 4.90 Å². The number of β-amino-alcohol motifs (C(OH)–C–C–N with tert-alkyl or cyclic N) is 1. The summed E-state index contributed by atoms with van der Waals surface area (Å²) >= 11 is 0. The van der Waals surface area contributed by atoms with Gasteiger partial charge >= 0.3 is 0 Å². The zero-order valence-corrected chi connectivity index (χ0v) is 6.64. The van der Waals surface area contributed by atoms with Crippen LogP contribution in [0.25, 0.3) is 0 Å². The number of hydrogen-bond acceptors (Lipinski definition) is 4. The molecule has 1 fully saturated rings. The molecular formula is C7H15NO3. The van der Waals surface area contributed by atoms with E-state index in [2.05, 4.69) is 0 Å². The van der Waals surface area contributed by atoms with Gasteiger partial charge in [0.1, 0.15) is 0 Å². The molecule has 1 unspecified atom stereocenters. The Morgan fingerprint density at radius 2 is 2.09 bits per heavy atom. The van der Waals surface area contributed by atoms with Gasteiger partial charge in [0.25, 0.3) is 0 Å². The number of likely N-dealkylation sites (tertiary alicyclic amines) is 1. The van der Waals surface area contributed by atoms with Crippen LogP contribution in [0.3, 0.4) is 0 Å². The number of likely N-dealkylation sites (N-methyl/N-ethyl adjacent to an activating group) is 1. The van der Waals surface area contributed by atoms with Crippen molar-refractivity contribution in [1.29, 1.82) is 0 Å². The van der Waals surface area contributed by atoms with Gasteiger partial charge in [0.15, 0.2) is 0 Å². The molecule has 1 rings (SSSR count). The van der Waals surface area contributed by atoms with E-state index in [1.165, 1.54) is 0 Å². The van der Waals surface area contributed by atoms with Crippen LogP contribution in [0.5, 0.6) is 0 Å². The van der Waals surface area contributed by atoms with Gasteiger partial charge in [-0.25, -0.2) is 0 Å². The van der Waals surface area contributed by atoms with Gasteiger partial charge < -0.3 is 15.3 Å². The summed E-state index contributed by atoms with van der Waals surface area (Å²) < 4.78 is 0. The molecule has 1 saturated heterocycles. The van der Waals surface area contributed by atoms with Gasteiger partial charge in [-0.2, -0.15) is 0 Å². The molecule has 0 radical (unpaired) electrons. The molecule has 4 nitrogen and oxygen atoms in total. The van der Waals surface area contributed by atoms with Crippen LogP contribution in [0.15, 0.2) is 0 Å². The van der Waals surface area contributed by atoms with Crippen LogP contribution in [0.4, 0.5) is 0 Å². The number of hydrogen-bond donors (Lipinski definition) is 3. The fourth-order valence-electron chi connectivity index (χ4n) is 1.58. The SMILES string of the molecule is CN1C[C@@H](O)[C@H](O)C1CCO. The second kappa shape index (κ2) is 3.49. The average Bonchev–Trinajstić information content (AvgIpc) is 2.17. The maximum absolute atomic E-state index is 9.36. The second-order valence-corrected chi connectivity index (χ2v) is 3.08. The number of rotatable bonds is 2. The predicted octanol–water partition coefficient (Wildman–Crippen LogP) is -1.60. The Morgan fingerprint density at radius 1 is 1.45 bits per heavy atom. The lowest BCUT2D eigenvalue weighted by molar-refractivity contribution is 0.0328. The molecule has 0 saturated carbocycles. The Labute approximate surface area is 66.1 Å². The van der Waals surface area contributed by atoms with Gasteiger partial charge in [-0.1, -0.05) is 0 Å². The minimum Gasteiger partial charge on any atom is -0.396 e. The van der Waals surface area contributed by atoms with Crippen LogP contribution in [0, 0.1) is 0 Å². The summed E-state index contributed by atoms with van der Waals surface area (Å²) in [5.74, 6) is 0. The van der Waals surface area contributed by atoms with E-state index in [4.69, 9.17) is 5.11 Å². The molecule has 0 amide bonds. The molecule has 1 heterocycles. The van der Waals surface area contributed by atoms with Crippen molar-refractivity contribution in [3.63, 3.8) is 0 Å². The standard InChI is InChI=1S/C7H15NO3/c1-8-4-6(10)7(11)5(8)2-3-9/h5-7,9-11H,2-4H2,1H3/t5?,6-,7-/m1/s1. The third-order valence-electron chi connectivity index (χ3n) is 2.25. The molecule has 1 aliphatic heterocycles. The summed E-state index contributed by atoms with van der Waals surface area (Å²) in [7, 11) is 1.83. The van der Waals surface area contributed by atoms with E-state index in [0.717, 1.165) is 0 Å². The number of aliphatic hydroxyl groups excluding tert-OH is 3. The second-order valence-electron chi connectivity index (χ2n) is 3.08. The molecular weight excluding hydrogens is 146 g/mol. The van der Waals surface area contributed by atoms with Crippen molar-refractivity contribution in [3.05, 3.63) is 0 Å². The van der Waals surface area contributed by atoms with E-state index < -0.39 is 12.2 Å². The molecule has 0 aromatic carbocycles. The van der Waals surface area contributed by atoms with Crippen molar-refractivity contribution in [2.24, 2.45) is 0 Å². The first-order valence-electron chi connectivity index (χ1n) is 3.84. The third kappa shape index (κ3) is 1.70. The highest BCUT2D eigenvalue weighted by molar-refractivity contribution is 4.91. The smallest absolute Gasteiger partial charge is 0.0967 e. The summed E-state index contributed by atoms with van der Waals surface area (Å²) in [6, 6.07) is -0.0880. The first kappa shape index (κ1) is 8.93. The fourth-order valence-corrected chi connectivity index (χ4v) is 1.58. The molecule has 0 aromatic rings. The lowest BCUT2D eigenvalue weighted by Gasteiger charge is -2.20. The summed E-state index contributed by atoms with van der Waals surface area (Å²) in [4.78, 5) is 1.87. The van der Waals surface area contributed by atoms with Crippen LogP contribution < -0.4 is 0 Å². The highest BCUT2D eigenvalue weighted by Gasteiger charge is 2.36. The summed E-state index contributed by atoms with van der Waals surface area (Å²) in [5.41, 5.74) is 0. The summed E-state index contributed by atoms with van der Waals surface area (Å²) in [6.07, 6.45) is -0.835. The Balaban J connectivity index is 2.49. The van der Waals surface area contributed by atoms with Gasteiger partial charge in [-0.15, -0.1) is 0 Å². The molecule has 3 atom stereocenters. The first-order chi connectivity index (χ1) is 5.16. The van der Waals surface area contributed by atoms with E-state index in [1.54, 1.807) is 0 Å². The lowest BCUT2D eigenvalue weighted by Crippen LogP contribution is -2.34. The van der Waals surface area contributed by atoms with E-state index in [9.17, 15) is 10.2 Å². The van der Waals surface area contributed by atoms with E-state index >= 15 is 0 Å². The van der Waals surface area contributed by atoms with E-state index in [1.807, 2.05) is 11.9 Å². The van der Waals surface area contributed by atoms with Crippen molar-refractivity contribution in [3.8, 4) is 0 Å². The van der Waals surface area contributed by atoms with Crippen molar-refractivity contribution in [2.75, 3.05) is 20.2 Å². The Hall–Kier alpha value is -0.160. The zero-order chi connectivity index (χ0) is 8.43. The summed E-state index contributed by atoms with van der Waals surface area (Å²) in [6.45, 7) is 0.546. The highest BCUT2D eigenvalue weighted by Crippen LogP contribution is 2.18. The van der Waals surface area contributed by atoms with Crippen LogP contribution in [0.2, 0.25) is 0 Å². The zero-order valence-electron chi connectivity index (χ0n) is 6.64. The summed E-state index contributed by atoms with van der Waals surface area (Å²) in [5, 5.41) is 27.2. The van der Waals surface area contributed by atoms with Crippen LogP contribution in [-0.2, 0) is 0 Å². The van der Waals surface area contributed by atoms with Gasteiger partial charge in [-0.05, 0) is 13.5 Å². The monoisotopic (exact) mass is 161 g/mol. The number of nitrogens with zero attached hydrogens (tertiary/aromatic N) is 1. The normalized spacial score (nSPS) is 39.8. The quantitative estimate of drug-likeness (QED) is 0.456. The molecule has 11 heavy (non-hydrogen) atoms. The molecule has 4 heteroatoms. The fraction of sp³-hybridized carbons (Fsp3) is 1.00. The van der Waals surface area contributed by atoms with Gasteiger partial charge in [0.05, 0.1) is 12.2 Å². The third-order valence-corrected chi connectivity index (χ3v) is 2.25. The van der Waals surface area contributed by atoms with E-state index in [0.29, 0.717) is 13.0 Å². The Kier molecular flexibility index (Phi) is 2.84. The predicted molar refractivity (Wildman–Crippen MR) is 40.1 cm³/mol. The van der Waals surface area contributed by atoms with Gasteiger partial charge in [-0.3, -0.25) is 4.90 Å². The van der Waals surface area contributed by atoms with Crippen LogP contribution >= 0.6 is 0 Å². The van der Waals surface area contributed by atoms with Crippen molar-refractivity contribution in [2.45, 2.75) is 24.7 Å². The number of aliphatic hydroxyl groups is 3. The van der Waals surface area contributed by atoms with Crippen LogP contribution in [0.1, 0.15) is 6.42 Å². The maximum atomic E-state index is 9.36. The molecule has 0 bridgehead atoms. The van der Waals surface area contributed by atoms with Gasteiger partial charge in [0, 0.05) is 19.2 Å². The minimum absolute atomic E-state index is 0.0544. The minimum atomic E-state index is -0.702. The molecule has 1 aliphatic rings. The maximum Gasteiger partial charge on any atom is 0.0967 e. The Morgan fingerprint density at radius 3 is 2.45 bits per heavy atom. The topological polar surface area (TPSA) is 63.9 Å². The Bertz CT molecular complexity index is 131.